The molecule has 2 aromatic rings. The van der Waals surface area contributed by atoms with Crippen LogP contribution in [0.3, 0.4) is 0 Å². The van der Waals surface area contributed by atoms with Crippen molar-refractivity contribution >= 4 is 22.9 Å². The molecule has 0 aliphatic carbocycles. The highest BCUT2D eigenvalue weighted by Gasteiger charge is 2.21. The molecule has 20 heavy (non-hydrogen) atoms. The lowest BCUT2D eigenvalue weighted by Crippen LogP contribution is -2.34. The minimum atomic E-state index is -0.581. The van der Waals surface area contributed by atoms with Gasteiger partial charge in [-0.05, 0) is 17.5 Å². The lowest BCUT2D eigenvalue weighted by atomic mass is 9.91. The second-order valence-corrected chi connectivity index (χ2v) is 6.88. The number of hydrogen-bond donors (Lipinski definition) is 2. The van der Waals surface area contributed by atoms with Crippen LogP contribution in [-0.2, 0) is 5.41 Å². The molecule has 0 fully saturated rings. The zero-order chi connectivity index (χ0) is 14.6. The van der Waals surface area contributed by atoms with Gasteiger partial charge in [0.05, 0.1) is 6.10 Å². The fraction of sp³-hybridized carbons (Fsp3) is 0.375. The highest BCUT2D eigenvalue weighted by molar-refractivity contribution is 7.10. The zero-order valence-corrected chi connectivity index (χ0v) is 13.3. The summed E-state index contributed by atoms with van der Waals surface area (Å²) >= 11 is 7.85. The van der Waals surface area contributed by atoms with E-state index >= 15 is 0 Å². The van der Waals surface area contributed by atoms with Gasteiger partial charge >= 0.3 is 0 Å². The number of nitrogens with one attached hydrogen (secondary N) is 1. The molecule has 0 aliphatic heterocycles. The van der Waals surface area contributed by atoms with Crippen LogP contribution >= 0.6 is 22.9 Å². The van der Waals surface area contributed by atoms with E-state index in [4.69, 9.17) is 11.6 Å². The molecule has 4 heteroatoms. The first-order chi connectivity index (χ1) is 9.50. The number of aliphatic hydroxyl groups excluding tert-OH is 1. The van der Waals surface area contributed by atoms with Crippen LogP contribution in [0.1, 0.15) is 30.4 Å². The summed E-state index contributed by atoms with van der Waals surface area (Å²) in [4.78, 5) is 1.34. The van der Waals surface area contributed by atoms with Gasteiger partial charge in [-0.2, -0.15) is 0 Å². The van der Waals surface area contributed by atoms with E-state index in [1.807, 2.05) is 18.2 Å². The molecule has 2 rings (SSSR count). The van der Waals surface area contributed by atoms with Crippen molar-refractivity contribution in [3.05, 3.63) is 57.2 Å². The molecular formula is C16H20ClNOS. The molecule has 1 aromatic heterocycles. The van der Waals surface area contributed by atoms with Gasteiger partial charge in [-0.25, -0.2) is 0 Å². The molecule has 1 unspecified atom stereocenters. The predicted molar refractivity (Wildman–Crippen MR) is 86.6 cm³/mol. The molecule has 0 radical (unpaired) electrons. The third kappa shape index (κ3) is 3.83. The summed E-state index contributed by atoms with van der Waals surface area (Å²) in [6.07, 6.45) is -0.581. The van der Waals surface area contributed by atoms with E-state index in [1.165, 1.54) is 4.88 Å². The van der Waals surface area contributed by atoms with E-state index in [9.17, 15) is 5.11 Å². The predicted octanol–water partition coefficient (Wildman–Crippen LogP) is 4.00. The molecule has 0 aliphatic rings. The Kier molecular flexibility index (Phi) is 5.22. The van der Waals surface area contributed by atoms with Gasteiger partial charge in [0.2, 0.25) is 0 Å². The maximum absolute atomic E-state index is 10.2. The second kappa shape index (κ2) is 6.72. The van der Waals surface area contributed by atoms with E-state index in [0.717, 1.165) is 12.1 Å². The Balaban J connectivity index is 1.89. The number of hydrogen-bond acceptors (Lipinski definition) is 3. The summed E-state index contributed by atoms with van der Waals surface area (Å²) in [7, 11) is 0. The molecular weight excluding hydrogens is 290 g/mol. The van der Waals surface area contributed by atoms with E-state index in [0.29, 0.717) is 11.6 Å². The molecule has 2 N–H and O–H groups in total. The Morgan fingerprint density at radius 1 is 1.25 bits per heavy atom. The third-order valence-electron chi connectivity index (χ3n) is 3.36. The van der Waals surface area contributed by atoms with Gasteiger partial charge in [0.15, 0.2) is 0 Å². The van der Waals surface area contributed by atoms with Crippen LogP contribution < -0.4 is 5.32 Å². The summed E-state index contributed by atoms with van der Waals surface area (Å²) in [5.74, 6) is 0. The van der Waals surface area contributed by atoms with E-state index in [-0.39, 0.29) is 5.41 Å². The average Bonchev–Trinajstić information content (AvgIpc) is 2.93. The standard InChI is InChI=1S/C16H20ClNOS/c1-16(2,15-8-5-9-20-15)11-18-10-14(19)12-6-3-4-7-13(12)17/h3-9,14,18-19H,10-11H2,1-2H3. The maximum Gasteiger partial charge on any atom is 0.0928 e. The fourth-order valence-corrected chi connectivity index (χ4v) is 3.24. The zero-order valence-electron chi connectivity index (χ0n) is 11.8. The molecule has 0 bridgehead atoms. The smallest absolute Gasteiger partial charge is 0.0928 e. The van der Waals surface area contributed by atoms with Gasteiger partial charge in [0.25, 0.3) is 0 Å². The number of aliphatic hydroxyl groups is 1. The van der Waals surface area contributed by atoms with Crippen LogP contribution in [0, 0.1) is 0 Å². The van der Waals surface area contributed by atoms with Gasteiger partial charge in [0, 0.05) is 34.0 Å². The first-order valence-electron chi connectivity index (χ1n) is 6.68. The summed E-state index contributed by atoms with van der Waals surface area (Å²) in [6.45, 7) is 5.72. The lowest BCUT2D eigenvalue weighted by Gasteiger charge is -2.25. The summed E-state index contributed by atoms with van der Waals surface area (Å²) < 4.78 is 0. The average molecular weight is 310 g/mol. The molecule has 2 nitrogen and oxygen atoms in total. The Morgan fingerprint density at radius 2 is 2.00 bits per heavy atom. The number of halogens is 1. The third-order valence-corrected chi connectivity index (χ3v) is 4.94. The second-order valence-electron chi connectivity index (χ2n) is 5.53. The van der Waals surface area contributed by atoms with Crippen LogP contribution in [0.5, 0.6) is 0 Å². The maximum atomic E-state index is 10.2. The van der Waals surface area contributed by atoms with Crippen molar-refractivity contribution in [3.63, 3.8) is 0 Å². The Morgan fingerprint density at radius 3 is 2.65 bits per heavy atom. The van der Waals surface area contributed by atoms with Crippen LogP contribution in [0.15, 0.2) is 41.8 Å². The summed E-state index contributed by atoms with van der Waals surface area (Å²) in [6, 6.07) is 11.6. The minimum absolute atomic E-state index is 0.0639. The van der Waals surface area contributed by atoms with Crippen LogP contribution in [0.2, 0.25) is 5.02 Å². The highest BCUT2D eigenvalue weighted by atomic mass is 35.5. The lowest BCUT2D eigenvalue weighted by molar-refractivity contribution is 0.172. The molecule has 1 heterocycles. The van der Waals surface area contributed by atoms with Gasteiger partial charge in [-0.15, -0.1) is 11.3 Å². The topological polar surface area (TPSA) is 32.3 Å². The molecule has 0 spiro atoms. The number of benzene rings is 1. The van der Waals surface area contributed by atoms with Gasteiger partial charge in [-0.3, -0.25) is 0 Å². The molecule has 1 atom stereocenters. The van der Waals surface area contributed by atoms with Crippen molar-refractivity contribution in [2.45, 2.75) is 25.4 Å². The van der Waals surface area contributed by atoms with E-state index < -0.39 is 6.10 Å². The van der Waals surface area contributed by atoms with Gasteiger partial charge in [0.1, 0.15) is 0 Å². The molecule has 0 amide bonds. The van der Waals surface area contributed by atoms with Crippen molar-refractivity contribution in [1.82, 2.24) is 5.32 Å². The first kappa shape index (κ1) is 15.5. The Hall–Kier alpha value is -0.870. The Labute approximate surface area is 129 Å². The minimum Gasteiger partial charge on any atom is -0.387 e. The van der Waals surface area contributed by atoms with Crippen LogP contribution in [0.25, 0.3) is 0 Å². The van der Waals surface area contributed by atoms with Crippen molar-refractivity contribution in [2.24, 2.45) is 0 Å². The van der Waals surface area contributed by atoms with E-state index in [2.05, 4.69) is 36.7 Å². The molecule has 1 aromatic carbocycles. The Bertz CT molecular complexity index is 539. The quantitative estimate of drug-likeness (QED) is 0.845. The van der Waals surface area contributed by atoms with Gasteiger partial charge < -0.3 is 10.4 Å². The number of rotatable bonds is 6. The van der Waals surface area contributed by atoms with Gasteiger partial charge in [-0.1, -0.05) is 49.7 Å². The van der Waals surface area contributed by atoms with Crippen LogP contribution in [-0.4, -0.2) is 18.2 Å². The highest BCUT2D eigenvalue weighted by Crippen LogP contribution is 2.27. The molecule has 0 saturated carbocycles. The van der Waals surface area contributed by atoms with Crippen LogP contribution in [0.4, 0.5) is 0 Å². The number of thiophene rings is 1. The summed E-state index contributed by atoms with van der Waals surface area (Å²) in [5, 5.41) is 16.2. The van der Waals surface area contributed by atoms with Crippen molar-refractivity contribution < 1.29 is 5.11 Å². The summed E-state index contributed by atoms with van der Waals surface area (Å²) in [5.41, 5.74) is 0.838. The van der Waals surface area contributed by atoms with Crippen molar-refractivity contribution in [2.75, 3.05) is 13.1 Å². The fourth-order valence-electron chi connectivity index (χ4n) is 2.13. The largest absolute Gasteiger partial charge is 0.387 e. The first-order valence-corrected chi connectivity index (χ1v) is 7.93. The normalized spacial score (nSPS) is 13.4. The van der Waals surface area contributed by atoms with E-state index in [1.54, 1.807) is 17.4 Å². The van der Waals surface area contributed by atoms with Crippen molar-refractivity contribution in [1.29, 1.82) is 0 Å². The molecule has 0 saturated heterocycles. The van der Waals surface area contributed by atoms with Crippen molar-refractivity contribution in [3.8, 4) is 0 Å². The monoisotopic (exact) mass is 309 g/mol. The molecule has 108 valence electrons. The SMILES string of the molecule is CC(C)(CNCC(O)c1ccccc1Cl)c1cccs1.